The van der Waals surface area contributed by atoms with Gasteiger partial charge >= 0.3 is 0 Å². The Bertz CT molecular complexity index is 283. The maximum Gasteiger partial charge on any atom is 0.209 e. The van der Waals surface area contributed by atoms with Crippen molar-refractivity contribution in [2.24, 2.45) is 0 Å². The first-order chi connectivity index (χ1) is 6.49. The van der Waals surface area contributed by atoms with E-state index in [1.165, 1.54) is 4.90 Å². The topological polar surface area (TPSA) is 46.3 Å². The van der Waals surface area contributed by atoms with Crippen LogP contribution in [0.15, 0.2) is 18.2 Å². The number of rotatable bonds is 1. The van der Waals surface area contributed by atoms with Crippen molar-refractivity contribution in [1.82, 2.24) is 4.90 Å². The fraction of sp³-hybridized carbons (Fsp3) is 0.222. The van der Waals surface area contributed by atoms with Crippen molar-refractivity contribution in [1.29, 1.82) is 0 Å². The summed E-state index contributed by atoms with van der Waals surface area (Å²) in [5, 5.41) is 0.927. The van der Waals surface area contributed by atoms with Gasteiger partial charge in [-0.3, -0.25) is 4.79 Å². The monoisotopic (exact) mass is 234 g/mol. The van der Waals surface area contributed by atoms with Gasteiger partial charge in [0.1, 0.15) is 0 Å². The quantitative estimate of drug-likeness (QED) is 0.599. The lowest BCUT2D eigenvalue weighted by molar-refractivity contribution is -0.115. The number of nitrogens with zero attached hydrogens (tertiary/aromatic N) is 1. The molecule has 0 saturated carbocycles. The number of hydrogen-bond donors (Lipinski definition) is 1. The van der Waals surface area contributed by atoms with E-state index in [0.717, 1.165) is 6.41 Å². The molecule has 0 aliphatic rings. The Labute approximate surface area is 93.4 Å². The van der Waals surface area contributed by atoms with E-state index in [4.69, 9.17) is 28.9 Å². The summed E-state index contributed by atoms with van der Waals surface area (Å²) >= 11 is 11.2. The van der Waals surface area contributed by atoms with Crippen LogP contribution in [0.4, 0.5) is 5.69 Å². The van der Waals surface area contributed by atoms with Crippen LogP contribution in [0.2, 0.25) is 10.0 Å². The molecule has 78 valence electrons. The fourth-order valence-electron chi connectivity index (χ4n) is 0.520. The highest BCUT2D eigenvalue weighted by molar-refractivity contribution is 6.43. The lowest BCUT2D eigenvalue weighted by atomic mass is 10.3. The molecule has 0 radical (unpaired) electrons. The van der Waals surface area contributed by atoms with Crippen molar-refractivity contribution in [3.63, 3.8) is 0 Å². The highest BCUT2D eigenvalue weighted by atomic mass is 35.5. The maximum absolute atomic E-state index is 9.43. The Hall–Kier alpha value is -0.930. The number of halogens is 2. The van der Waals surface area contributed by atoms with Crippen molar-refractivity contribution in [3.8, 4) is 0 Å². The molecule has 0 heterocycles. The number of amides is 1. The Kier molecular flexibility index (Phi) is 6.08. The molecule has 0 aliphatic heterocycles. The van der Waals surface area contributed by atoms with Crippen LogP contribution in [-0.4, -0.2) is 25.4 Å². The first kappa shape index (κ1) is 13.1. The largest absolute Gasteiger partial charge is 0.397 e. The number of benzene rings is 1. The van der Waals surface area contributed by atoms with Gasteiger partial charge in [-0.15, -0.1) is 0 Å². The molecular weight excluding hydrogens is 223 g/mol. The van der Waals surface area contributed by atoms with E-state index in [0.29, 0.717) is 15.7 Å². The molecule has 0 aromatic heterocycles. The Morgan fingerprint density at radius 3 is 2.14 bits per heavy atom. The highest BCUT2D eigenvalue weighted by Crippen LogP contribution is 2.26. The molecule has 1 aromatic rings. The van der Waals surface area contributed by atoms with Crippen LogP contribution < -0.4 is 5.73 Å². The Balaban J connectivity index is 0.000000292. The van der Waals surface area contributed by atoms with E-state index in [9.17, 15) is 4.79 Å². The second-order valence-corrected chi connectivity index (χ2v) is 3.50. The number of anilines is 1. The lowest BCUT2D eigenvalue weighted by Gasteiger charge is -1.96. The van der Waals surface area contributed by atoms with E-state index in [1.807, 2.05) is 0 Å². The van der Waals surface area contributed by atoms with Gasteiger partial charge in [-0.2, -0.15) is 0 Å². The van der Waals surface area contributed by atoms with Crippen molar-refractivity contribution in [3.05, 3.63) is 28.2 Å². The molecule has 0 spiro atoms. The first-order valence-electron chi connectivity index (χ1n) is 3.80. The molecule has 3 nitrogen and oxygen atoms in total. The molecule has 0 bridgehead atoms. The highest BCUT2D eigenvalue weighted by Gasteiger charge is 1.97. The summed E-state index contributed by atoms with van der Waals surface area (Å²) in [7, 11) is 3.38. The molecule has 2 N–H and O–H groups in total. The van der Waals surface area contributed by atoms with E-state index < -0.39 is 0 Å². The zero-order valence-electron chi connectivity index (χ0n) is 8.00. The SMILES string of the molecule is CN(C)C=O.Nc1cccc(Cl)c1Cl. The van der Waals surface area contributed by atoms with E-state index in [1.54, 1.807) is 32.3 Å². The standard InChI is InChI=1S/C6H5Cl2N.C3H7NO/c7-4-2-1-3-5(9)6(4)8;1-4(2)3-5/h1-3H,9H2;3H,1-2H3. The van der Waals surface area contributed by atoms with Crippen molar-refractivity contribution >= 4 is 35.3 Å². The molecule has 0 saturated heterocycles. The van der Waals surface area contributed by atoms with Crippen LogP contribution in [-0.2, 0) is 4.79 Å². The summed E-state index contributed by atoms with van der Waals surface area (Å²) in [6.45, 7) is 0. The molecule has 0 unspecified atom stereocenters. The molecule has 1 amide bonds. The molecule has 5 heteroatoms. The van der Waals surface area contributed by atoms with Gasteiger partial charge in [0.15, 0.2) is 0 Å². The third-order valence-corrected chi connectivity index (χ3v) is 2.03. The van der Waals surface area contributed by atoms with Crippen LogP contribution in [0, 0.1) is 0 Å². The fourth-order valence-corrected chi connectivity index (χ4v) is 0.828. The predicted molar refractivity (Wildman–Crippen MR) is 60.6 cm³/mol. The summed E-state index contributed by atoms with van der Waals surface area (Å²) in [5.41, 5.74) is 5.92. The van der Waals surface area contributed by atoms with Gasteiger partial charge in [0.25, 0.3) is 0 Å². The average molecular weight is 235 g/mol. The van der Waals surface area contributed by atoms with E-state index in [2.05, 4.69) is 0 Å². The molecule has 1 aromatic carbocycles. The van der Waals surface area contributed by atoms with Gasteiger partial charge in [-0.1, -0.05) is 29.3 Å². The maximum atomic E-state index is 9.43. The average Bonchev–Trinajstić information content (AvgIpc) is 2.15. The Morgan fingerprint density at radius 1 is 1.36 bits per heavy atom. The van der Waals surface area contributed by atoms with E-state index >= 15 is 0 Å². The second kappa shape index (κ2) is 6.51. The summed E-state index contributed by atoms with van der Waals surface area (Å²) in [6, 6.07) is 5.15. The number of nitrogen functional groups attached to an aromatic ring is 1. The van der Waals surface area contributed by atoms with Crippen molar-refractivity contribution in [2.45, 2.75) is 0 Å². The lowest BCUT2D eigenvalue weighted by Crippen LogP contribution is -2.06. The van der Waals surface area contributed by atoms with E-state index in [-0.39, 0.29) is 0 Å². The van der Waals surface area contributed by atoms with Gasteiger partial charge in [0.05, 0.1) is 15.7 Å². The number of carbonyl (C=O) groups excluding carboxylic acids is 1. The zero-order chi connectivity index (χ0) is 11.1. The number of carbonyl (C=O) groups is 1. The summed E-state index contributed by atoms with van der Waals surface area (Å²) in [6.07, 6.45) is 0.750. The minimum absolute atomic E-state index is 0.430. The number of nitrogens with two attached hydrogens (primary N) is 1. The molecule has 1 rings (SSSR count). The predicted octanol–water partition coefficient (Wildman–Crippen LogP) is 2.28. The second-order valence-electron chi connectivity index (χ2n) is 2.71. The van der Waals surface area contributed by atoms with Gasteiger partial charge in [0, 0.05) is 14.1 Å². The molecule has 14 heavy (non-hydrogen) atoms. The molecular formula is C9H12Cl2N2O. The van der Waals surface area contributed by atoms with Gasteiger partial charge in [0.2, 0.25) is 6.41 Å². The van der Waals surface area contributed by atoms with Crippen LogP contribution in [0.25, 0.3) is 0 Å². The van der Waals surface area contributed by atoms with Crippen LogP contribution >= 0.6 is 23.2 Å². The first-order valence-corrected chi connectivity index (χ1v) is 4.55. The zero-order valence-corrected chi connectivity index (χ0v) is 9.51. The normalized spacial score (nSPS) is 8.57. The smallest absolute Gasteiger partial charge is 0.209 e. The van der Waals surface area contributed by atoms with Crippen molar-refractivity contribution in [2.75, 3.05) is 19.8 Å². The van der Waals surface area contributed by atoms with Gasteiger partial charge in [-0.05, 0) is 12.1 Å². The molecule has 0 fully saturated rings. The van der Waals surface area contributed by atoms with Crippen LogP contribution in [0.3, 0.4) is 0 Å². The number of hydrogen-bond acceptors (Lipinski definition) is 2. The third-order valence-electron chi connectivity index (χ3n) is 1.19. The molecule has 0 atom stereocenters. The van der Waals surface area contributed by atoms with Gasteiger partial charge in [-0.25, -0.2) is 0 Å². The summed E-state index contributed by atoms with van der Waals surface area (Å²) in [4.78, 5) is 10.9. The summed E-state index contributed by atoms with van der Waals surface area (Å²) in [5.74, 6) is 0. The van der Waals surface area contributed by atoms with Crippen molar-refractivity contribution < 1.29 is 4.79 Å². The van der Waals surface area contributed by atoms with Crippen LogP contribution in [0.5, 0.6) is 0 Å². The summed E-state index contributed by atoms with van der Waals surface area (Å²) < 4.78 is 0. The van der Waals surface area contributed by atoms with Gasteiger partial charge < -0.3 is 10.6 Å². The molecule has 0 aliphatic carbocycles. The minimum Gasteiger partial charge on any atom is -0.397 e. The minimum atomic E-state index is 0.430. The Morgan fingerprint density at radius 2 is 1.86 bits per heavy atom. The van der Waals surface area contributed by atoms with Crippen LogP contribution in [0.1, 0.15) is 0 Å². The third kappa shape index (κ3) is 4.94.